The van der Waals surface area contributed by atoms with Gasteiger partial charge in [0.1, 0.15) is 5.01 Å². The minimum absolute atomic E-state index is 0.986. The summed E-state index contributed by atoms with van der Waals surface area (Å²) in [6, 6.07) is 0. The highest BCUT2D eigenvalue weighted by atomic mass is 32.1. The van der Waals surface area contributed by atoms with E-state index in [1.807, 2.05) is 11.6 Å². The molecule has 0 spiro atoms. The van der Waals surface area contributed by atoms with Crippen LogP contribution in [0.25, 0.3) is 0 Å². The Morgan fingerprint density at radius 1 is 1.50 bits per heavy atom. The van der Waals surface area contributed by atoms with Gasteiger partial charge in [0.2, 0.25) is 0 Å². The first-order valence-electron chi connectivity index (χ1n) is 5.18. The molecule has 0 bridgehead atoms. The van der Waals surface area contributed by atoms with Gasteiger partial charge in [0.25, 0.3) is 0 Å². The summed E-state index contributed by atoms with van der Waals surface area (Å²) >= 11 is 1.73. The summed E-state index contributed by atoms with van der Waals surface area (Å²) in [4.78, 5) is 6.69. The Bertz CT molecular complexity index is 223. The van der Waals surface area contributed by atoms with Crippen LogP contribution in [0.2, 0.25) is 0 Å². The lowest BCUT2D eigenvalue weighted by Gasteiger charge is -2.18. The largest absolute Gasteiger partial charge is 0.316 e. The SMILES string of the molecule is CCNCCN(CC)Cc1nccs1. The van der Waals surface area contributed by atoms with Crippen LogP contribution in [0.5, 0.6) is 0 Å². The first-order valence-corrected chi connectivity index (χ1v) is 6.06. The average Bonchev–Trinajstić information content (AvgIpc) is 2.69. The molecule has 4 heteroatoms. The van der Waals surface area contributed by atoms with Crippen LogP contribution in [0.3, 0.4) is 0 Å². The van der Waals surface area contributed by atoms with Gasteiger partial charge in [-0.3, -0.25) is 4.90 Å². The lowest BCUT2D eigenvalue weighted by Crippen LogP contribution is -2.31. The van der Waals surface area contributed by atoms with Crippen molar-refractivity contribution in [3.05, 3.63) is 16.6 Å². The third-order valence-corrected chi connectivity index (χ3v) is 2.91. The summed E-state index contributed by atoms with van der Waals surface area (Å²) in [5.74, 6) is 0. The first-order chi connectivity index (χ1) is 6.86. The number of nitrogens with zero attached hydrogens (tertiary/aromatic N) is 2. The van der Waals surface area contributed by atoms with Crippen molar-refractivity contribution < 1.29 is 0 Å². The zero-order valence-electron chi connectivity index (χ0n) is 8.99. The number of thiazole rings is 1. The molecule has 0 saturated carbocycles. The van der Waals surface area contributed by atoms with Gasteiger partial charge in [-0.25, -0.2) is 4.98 Å². The molecule has 1 aromatic heterocycles. The molecule has 0 fully saturated rings. The van der Waals surface area contributed by atoms with E-state index >= 15 is 0 Å². The zero-order chi connectivity index (χ0) is 10.2. The summed E-state index contributed by atoms with van der Waals surface area (Å²) in [5, 5.41) is 6.58. The summed E-state index contributed by atoms with van der Waals surface area (Å²) in [6.45, 7) is 9.62. The highest BCUT2D eigenvalue weighted by Crippen LogP contribution is 2.07. The average molecular weight is 213 g/mol. The van der Waals surface area contributed by atoms with Gasteiger partial charge >= 0.3 is 0 Å². The van der Waals surface area contributed by atoms with Gasteiger partial charge in [0.15, 0.2) is 0 Å². The van der Waals surface area contributed by atoms with Gasteiger partial charge in [-0.2, -0.15) is 0 Å². The summed E-state index contributed by atoms with van der Waals surface area (Å²) in [7, 11) is 0. The van der Waals surface area contributed by atoms with Crippen molar-refractivity contribution in [2.75, 3.05) is 26.2 Å². The molecule has 0 saturated heterocycles. The quantitative estimate of drug-likeness (QED) is 0.697. The van der Waals surface area contributed by atoms with Crippen LogP contribution in [-0.2, 0) is 6.54 Å². The Hall–Kier alpha value is -0.450. The fourth-order valence-corrected chi connectivity index (χ4v) is 1.94. The van der Waals surface area contributed by atoms with Crippen LogP contribution in [0.4, 0.5) is 0 Å². The van der Waals surface area contributed by atoms with E-state index in [1.54, 1.807) is 11.3 Å². The number of likely N-dealkylation sites (N-methyl/N-ethyl adjacent to an activating group) is 2. The Morgan fingerprint density at radius 3 is 2.93 bits per heavy atom. The molecular weight excluding hydrogens is 194 g/mol. The van der Waals surface area contributed by atoms with E-state index in [0.717, 1.165) is 32.7 Å². The lowest BCUT2D eigenvalue weighted by atomic mass is 10.4. The smallest absolute Gasteiger partial charge is 0.107 e. The van der Waals surface area contributed by atoms with Crippen molar-refractivity contribution >= 4 is 11.3 Å². The molecule has 80 valence electrons. The topological polar surface area (TPSA) is 28.2 Å². The molecule has 0 atom stereocenters. The van der Waals surface area contributed by atoms with Crippen LogP contribution >= 0.6 is 11.3 Å². The number of nitrogens with one attached hydrogen (secondary N) is 1. The molecule has 0 aliphatic rings. The van der Waals surface area contributed by atoms with E-state index in [0.29, 0.717) is 0 Å². The normalized spacial score (nSPS) is 11.1. The predicted octanol–water partition coefficient (Wildman–Crippen LogP) is 1.57. The minimum Gasteiger partial charge on any atom is -0.316 e. The van der Waals surface area contributed by atoms with Crippen molar-refractivity contribution in [1.29, 1.82) is 0 Å². The van der Waals surface area contributed by atoms with Gasteiger partial charge in [-0.1, -0.05) is 13.8 Å². The summed E-state index contributed by atoms with van der Waals surface area (Å²) in [5.41, 5.74) is 0. The highest BCUT2D eigenvalue weighted by Gasteiger charge is 2.04. The third-order valence-electron chi connectivity index (χ3n) is 2.14. The number of aromatic nitrogens is 1. The van der Waals surface area contributed by atoms with Crippen molar-refractivity contribution in [2.24, 2.45) is 0 Å². The van der Waals surface area contributed by atoms with Crippen LogP contribution < -0.4 is 5.32 Å². The van der Waals surface area contributed by atoms with E-state index in [-0.39, 0.29) is 0 Å². The second-order valence-corrected chi connectivity index (χ2v) is 4.13. The number of hydrogen-bond donors (Lipinski definition) is 1. The molecule has 14 heavy (non-hydrogen) atoms. The Morgan fingerprint density at radius 2 is 2.36 bits per heavy atom. The lowest BCUT2D eigenvalue weighted by molar-refractivity contribution is 0.279. The van der Waals surface area contributed by atoms with Crippen molar-refractivity contribution in [3.63, 3.8) is 0 Å². The maximum absolute atomic E-state index is 4.29. The van der Waals surface area contributed by atoms with Crippen LogP contribution in [0.15, 0.2) is 11.6 Å². The van der Waals surface area contributed by atoms with E-state index < -0.39 is 0 Å². The Labute approximate surface area is 90.2 Å². The second-order valence-electron chi connectivity index (χ2n) is 3.15. The molecule has 0 amide bonds. The van der Waals surface area contributed by atoms with E-state index in [4.69, 9.17) is 0 Å². The molecule has 0 radical (unpaired) electrons. The highest BCUT2D eigenvalue weighted by molar-refractivity contribution is 7.09. The minimum atomic E-state index is 0.986. The van der Waals surface area contributed by atoms with Crippen molar-refractivity contribution in [1.82, 2.24) is 15.2 Å². The zero-order valence-corrected chi connectivity index (χ0v) is 9.81. The maximum Gasteiger partial charge on any atom is 0.107 e. The van der Waals surface area contributed by atoms with Gasteiger partial charge in [0, 0.05) is 24.7 Å². The van der Waals surface area contributed by atoms with Crippen LogP contribution in [0, 0.1) is 0 Å². The molecule has 3 nitrogen and oxygen atoms in total. The standard InChI is InChI=1S/C10H19N3S/c1-3-11-5-7-13(4-2)9-10-12-6-8-14-10/h6,8,11H,3-5,7,9H2,1-2H3. The Balaban J connectivity index is 2.24. The van der Waals surface area contributed by atoms with E-state index in [2.05, 4.69) is 29.0 Å². The number of hydrogen-bond acceptors (Lipinski definition) is 4. The molecule has 1 N–H and O–H groups in total. The van der Waals surface area contributed by atoms with Crippen molar-refractivity contribution in [2.45, 2.75) is 20.4 Å². The molecule has 1 rings (SSSR count). The third kappa shape index (κ3) is 4.17. The first kappa shape index (κ1) is 11.6. The van der Waals surface area contributed by atoms with Crippen LogP contribution in [-0.4, -0.2) is 36.1 Å². The van der Waals surface area contributed by atoms with E-state index in [1.165, 1.54) is 5.01 Å². The fourth-order valence-electron chi connectivity index (χ4n) is 1.29. The monoisotopic (exact) mass is 213 g/mol. The van der Waals surface area contributed by atoms with Gasteiger partial charge in [0.05, 0.1) is 6.54 Å². The summed E-state index contributed by atoms with van der Waals surface area (Å²) < 4.78 is 0. The molecule has 1 aromatic rings. The number of rotatable bonds is 7. The van der Waals surface area contributed by atoms with Gasteiger partial charge in [-0.15, -0.1) is 11.3 Å². The van der Waals surface area contributed by atoms with Crippen LogP contribution in [0.1, 0.15) is 18.9 Å². The fraction of sp³-hybridized carbons (Fsp3) is 0.700. The summed E-state index contributed by atoms with van der Waals surface area (Å²) in [6.07, 6.45) is 1.87. The molecule has 0 aromatic carbocycles. The molecule has 0 aliphatic carbocycles. The predicted molar refractivity (Wildman–Crippen MR) is 61.6 cm³/mol. The van der Waals surface area contributed by atoms with Gasteiger partial charge < -0.3 is 5.32 Å². The maximum atomic E-state index is 4.29. The molecule has 1 heterocycles. The second kappa shape index (κ2) is 6.92. The molecular formula is C10H19N3S. The molecule has 0 aliphatic heterocycles. The van der Waals surface area contributed by atoms with Crippen molar-refractivity contribution in [3.8, 4) is 0 Å². The Kier molecular flexibility index (Phi) is 5.75. The van der Waals surface area contributed by atoms with E-state index in [9.17, 15) is 0 Å². The molecule has 0 unspecified atom stereocenters. The van der Waals surface area contributed by atoms with Gasteiger partial charge in [-0.05, 0) is 13.1 Å².